The van der Waals surface area contributed by atoms with Gasteiger partial charge in [-0.15, -0.1) is 0 Å². The first-order valence-corrected chi connectivity index (χ1v) is 6.59. The largest absolute Gasteiger partial charge is 0.379 e. The van der Waals surface area contributed by atoms with Gasteiger partial charge in [0.25, 0.3) is 0 Å². The van der Waals surface area contributed by atoms with Gasteiger partial charge in [0.05, 0.1) is 11.4 Å². The molecular weight excluding hydrogens is 212 g/mol. The lowest BCUT2D eigenvalue weighted by molar-refractivity contribution is 0.190. The fraction of sp³-hybridized carbons (Fsp3) is 0.769. The van der Waals surface area contributed by atoms with E-state index in [2.05, 4.69) is 42.4 Å². The molecule has 2 rings (SSSR count). The molecule has 1 aromatic rings. The summed E-state index contributed by atoms with van der Waals surface area (Å²) in [4.78, 5) is 2.43. The summed E-state index contributed by atoms with van der Waals surface area (Å²) < 4.78 is 1.90. The van der Waals surface area contributed by atoms with Crippen LogP contribution in [0.5, 0.6) is 0 Å². The van der Waals surface area contributed by atoms with Crippen molar-refractivity contribution in [3.63, 3.8) is 0 Å². The molecule has 2 heterocycles. The van der Waals surface area contributed by atoms with Crippen LogP contribution in [0.4, 0.5) is 5.69 Å². The zero-order valence-corrected chi connectivity index (χ0v) is 11.4. The highest BCUT2D eigenvalue weighted by atomic mass is 15.3. The van der Waals surface area contributed by atoms with E-state index in [9.17, 15) is 0 Å². The van der Waals surface area contributed by atoms with Gasteiger partial charge in [-0.05, 0) is 33.2 Å². The van der Waals surface area contributed by atoms with Crippen molar-refractivity contribution < 1.29 is 0 Å². The summed E-state index contributed by atoms with van der Waals surface area (Å²) in [6.07, 6.45) is 5.53. The van der Waals surface area contributed by atoms with Crippen molar-refractivity contribution in [3.05, 3.63) is 11.9 Å². The number of aryl methyl sites for hydroxylation is 2. The highest BCUT2D eigenvalue weighted by Crippen LogP contribution is 2.22. The number of likely N-dealkylation sites (tertiary alicyclic amines) is 1. The van der Waals surface area contributed by atoms with Gasteiger partial charge in [0, 0.05) is 31.9 Å². The van der Waals surface area contributed by atoms with Gasteiger partial charge >= 0.3 is 0 Å². The topological polar surface area (TPSA) is 33.1 Å². The number of nitrogens with one attached hydrogen (secondary N) is 1. The van der Waals surface area contributed by atoms with E-state index in [1.54, 1.807) is 0 Å². The molecular formula is C13H24N4. The molecule has 4 heteroatoms. The molecule has 0 aliphatic carbocycles. The smallest absolute Gasteiger partial charge is 0.0853 e. The molecule has 0 amide bonds. The SMILES string of the molecule is CCc1nn(C)cc1NC1CCN(C)C(C)C1. The third-order valence-electron chi connectivity index (χ3n) is 3.81. The molecule has 0 radical (unpaired) electrons. The van der Waals surface area contributed by atoms with Crippen LogP contribution < -0.4 is 5.32 Å². The first kappa shape index (κ1) is 12.4. The molecule has 96 valence electrons. The number of hydrogen-bond acceptors (Lipinski definition) is 3. The monoisotopic (exact) mass is 236 g/mol. The zero-order chi connectivity index (χ0) is 12.4. The molecule has 0 spiro atoms. The maximum atomic E-state index is 4.47. The molecule has 0 saturated carbocycles. The first-order valence-electron chi connectivity index (χ1n) is 6.59. The van der Waals surface area contributed by atoms with Gasteiger partial charge in [0.15, 0.2) is 0 Å². The van der Waals surface area contributed by atoms with Crippen molar-refractivity contribution in [1.82, 2.24) is 14.7 Å². The summed E-state index contributed by atoms with van der Waals surface area (Å²) in [5.41, 5.74) is 2.40. The maximum absolute atomic E-state index is 4.47. The number of nitrogens with zero attached hydrogens (tertiary/aromatic N) is 3. The molecule has 2 atom stereocenters. The molecule has 17 heavy (non-hydrogen) atoms. The van der Waals surface area contributed by atoms with E-state index in [0.717, 1.165) is 6.42 Å². The number of rotatable bonds is 3. The summed E-state index contributed by atoms with van der Waals surface area (Å²) in [5, 5.41) is 8.13. The van der Waals surface area contributed by atoms with Crippen LogP contribution in [0.3, 0.4) is 0 Å². The Hall–Kier alpha value is -1.03. The molecule has 1 fully saturated rings. The lowest BCUT2D eigenvalue weighted by Crippen LogP contribution is -2.42. The second-order valence-electron chi connectivity index (χ2n) is 5.21. The fourth-order valence-corrected chi connectivity index (χ4v) is 2.56. The molecule has 1 aliphatic rings. The van der Waals surface area contributed by atoms with E-state index in [1.807, 2.05) is 11.7 Å². The van der Waals surface area contributed by atoms with E-state index >= 15 is 0 Å². The second kappa shape index (κ2) is 5.08. The normalized spacial score (nSPS) is 26.1. The summed E-state index contributed by atoms with van der Waals surface area (Å²) >= 11 is 0. The number of hydrogen-bond donors (Lipinski definition) is 1. The summed E-state index contributed by atoms with van der Waals surface area (Å²) in [6.45, 7) is 5.64. The Balaban J connectivity index is 2.00. The van der Waals surface area contributed by atoms with Gasteiger partial charge in [-0.25, -0.2) is 0 Å². The van der Waals surface area contributed by atoms with Gasteiger partial charge in [-0.3, -0.25) is 4.68 Å². The first-order chi connectivity index (χ1) is 8.10. The van der Waals surface area contributed by atoms with Gasteiger partial charge in [0.2, 0.25) is 0 Å². The molecule has 1 aromatic heterocycles. The third kappa shape index (κ3) is 2.80. The minimum atomic E-state index is 0.593. The van der Waals surface area contributed by atoms with E-state index in [-0.39, 0.29) is 0 Å². The number of piperidine rings is 1. The molecule has 1 aliphatic heterocycles. The van der Waals surface area contributed by atoms with Crippen molar-refractivity contribution >= 4 is 5.69 Å². The molecule has 4 nitrogen and oxygen atoms in total. The molecule has 2 unspecified atom stereocenters. The Bertz CT molecular complexity index is 371. The summed E-state index contributed by atoms with van der Waals surface area (Å²) in [6, 6.07) is 1.26. The van der Waals surface area contributed by atoms with Crippen LogP contribution in [0.15, 0.2) is 6.20 Å². The zero-order valence-electron chi connectivity index (χ0n) is 11.4. The molecule has 1 N–H and O–H groups in total. The van der Waals surface area contributed by atoms with Gasteiger partial charge < -0.3 is 10.2 Å². The van der Waals surface area contributed by atoms with Crippen LogP contribution in [0.1, 0.15) is 32.4 Å². The minimum absolute atomic E-state index is 0.593. The van der Waals surface area contributed by atoms with E-state index in [0.29, 0.717) is 12.1 Å². The minimum Gasteiger partial charge on any atom is -0.379 e. The number of aromatic nitrogens is 2. The van der Waals surface area contributed by atoms with Crippen LogP contribution >= 0.6 is 0 Å². The standard InChI is InChI=1S/C13H24N4/c1-5-12-13(9-17(4)15-12)14-11-6-7-16(3)10(2)8-11/h9-11,14H,5-8H2,1-4H3. The summed E-state index contributed by atoms with van der Waals surface area (Å²) in [5.74, 6) is 0. The average Bonchev–Trinajstić information content (AvgIpc) is 2.64. The van der Waals surface area contributed by atoms with E-state index in [1.165, 1.54) is 30.8 Å². The van der Waals surface area contributed by atoms with Crippen LogP contribution in [0.2, 0.25) is 0 Å². The lowest BCUT2D eigenvalue weighted by atomic mass is 9.98. The fourth-order valence-electron chi connectivity index (χ4n) is 2.56. The highest BCUT2D eigenvalue weighted by molar-refractivity contribution is 5.47. The Morgan fingerprint density at radius 3 is 2.88 bits per heavy atom. The van der Waals surface area contributed by atoms with Crippen LogP contribution in [0, 0.1) is 0 Å². The van der Waals surface area contributed by atoms with E-state index < -0.39 is 0 Å². The predicted octanol–water partition coefficient (Wildman–Crippen LogP) is 1.88. The number of anilines is 1. The van der Waals surface area contributed by atoms with Gasteiger partial charge in [-0.1, -0.05) is 6.92 Å². The van der Waals surface area contributed by atoms with Gasteiger partial charge in [0.1, 0.15) is 0 Å². The second-order valence-corrected chi connectivity index (χ2v) is 5.21. The van der Waals surface area contributed by atoms with E-state index in [4.69, 9.17) is 0 Å². The third-order valence-corrected chi connectivity index (χ3v) is 3.81. The molecule has 0 bridgehead atoms. The predicted molar refractivity (Wildman–Crippen MR) is 71.3 cm³/mol. The Morgan fingerprint density at radius 1 is 1.47 bits per heavy atom. The van der Waals surface area contributed by atoms with Crippen molar-refractivity contribution in [2.45, 2.75) is 45.2 Å². The van der Waals surface area contributed by atoms with Crippen LogP contribution in [-0.4, -0.2) is 40.4 Å². The lowest BCUT2D eigenvalue weighted by Gasteiger charge is -2.35. The average molecular weight is 236 g/mol. The Labute approximate surface area is 104 Å². The van der Waals surface area contributed by atoms with Crippen molar-refractivity contribution in [1.29, 1.82) is 0 Å². The van der Waals surface area contributed by atoms with Crippen molar-refractivity contribution in [2.24, 2.45) is 7.05 Å². The Kier molecular flexibility index (Phi) is 3.72. The van der Waals surface area contributed by atoms with Crippen LogP contribution in [-0.2, 0) is 13.5 Å². The molecule has 0 aromatic carbocycles. The van der Waals surface area contributed by atoms with Gasteiger partial charge in [-0.2, -0.15) is 5.10 Å². The molecule has 1 saturated heterocycles. The Morgan fingerprint density at radius 2 is 2.24 bits per heavy atom. The quantitative estimate of drug-likeness (QED) is 0.870. The van der Waals surface area contributed by atoms with Crippen LogP contribution in [0.25, 0.3) is 0 Å². The summed E-state index contributed by atoms with van der Waals surface area (Å²) in [7, 11) is 4.20. The highest BCUT2D eigenvalue weighted by Gasteiger charge is 2.23. The van der Waals surface area contributed by atoms with Crippen molar-refractivity contribution in [3.8, 4) is 0 Å². The maximum Gasteiger partial charge on any atom is 0.0853 e. The van der Waals surface area contributed by atoms with Crippen molar-refractivity contribution in [2.75, 3.05) is 18.9 Å².